The Kier molecular flexibility index (Phi) is 5.94. The van der Waals surface area contributed by atoms with Crippen LogP contribution in [0.25, 0.3) is 72.5 Å². The molecule has 0 atom stereocenters. The van der Waals surface area contributed by atoms with E-state index in [0.717, 1.165) is 28.3 Å². The molecule has 3 heterocycles. The van der Waals surface area contributed by atoms with Gasteiger partial charge in [0.15, 0.2) is 0 Å². The van der Waals surface area contributed by atoms with E-state index < -0.39 is 13.3 Å². The Bertz CT molecular complexity index is 2650. The van der Waals surface area contributed by atoms with E-state index in [1.54, 1.807) is 0 Å². The number of para-hydroxylation sites is 1. The van der Waals surface area contributed by atoms with E-state index in [4.69, 9.17) is 9.97 Å². The van der Waals surface area contributed by atoms with Crippen molar-refractivity contribution < 1.29 is 0 Å². The van der Waals surface area contributed by atoms with E-state index in [0.29, 0.717) is 0 Å². The molecule has 0 fully saturated rings. The molecule has 0 bridgehead atoms. The molecule has 0 radical (unpaired) electrons. The third kappa shape index (κ3) is 3.97. The Balaban J connectivity index is 1.22. The molecule has 2 aromatic heterocycles. The van der Waals surface area contributed by atoms with Crippen molar-refractivity contribution in [2.24, 2.45) is 0 Å². The van der Waals surface area contributed by atoms with Gasteiger partial charge in [0.2, 0.25) is 0 Å². The third-order valence-electron chi connectivity index (χ3n) is 11.2. The summed E-state index contributed by atoms with van der Waals surface area (Å²) >= 11 is -2.90. The zero-order chi connectivity index (χ0) is 33.1. The van der Waals surface area contributed by atoms with Gasteiger partial charge in [0, 0.05) is 0 Å². The summed E-state index contributed by atoms with van der Waals surface area (Å²) in [7, 11) is 0. The molecule has 1 aliphatic carbocycles. The van der Waals surface area contributed by atoms with E-state index in [-0.39, 0.29) is 5.41 Å². The average Bonchev–Trinajstić information content (AvgIpc) is 3.67. The van der Waals surface area contributed by atoms with Gasteiger partial charge in [-0.2, -0.15) is 0 Å². The Hall–Kier alpha value is -5.26. The number of nitrogens with zero attached hydrogens (tertiary/aromatic N) is 3. The third-order valence-corrected chi connectivity index (χ3v) is 18.5. The van der Waals surface area contributed by atoms with Crippen molar-refractivity contribution in [2.45, 2.75) is 30.8 Å². The van der Waals surface area contributed by atoms with Crippen LogP contribution in [0.1, 0.15) is 25.0 Å². The van der Waals surface area contributed by atoms with Gasteiger partial charge in [-0.05, 0) is 0 Å². The predicted octanol–water partition coefficient (Wildman–Crippen LogP) is 10.0. The van der Waals surface area contributed by atoms with Gasteiger partial charge >= 0.3 is 291 Å². The summed E-state index contributed by atoms with van der Waals surface area (Å²) in [5.74, 6) is 5.82. The van der Waals surface area contributed by atoms with Crippen molar-refractivity contribution in [2.75, 3.05) is 0 Å². The first-order valence-electron chi connectivity index (χ1n) is 17.2. The molecule has 1 aliphatic heterocycles. The molecule has 0 N–H and O–H groups in total. The molecule has 0 saturated carbocycles. The summed E-state index contributed by atoms with van der Waals surface area (Å²) in [5.41, 5.74) is 14.8. The quantitative estimate of drug-likeness (QED) is 0.173. The topological polar surface area (TPSA) is 30.7 Å². The molecule has 0 saturated heterocycles. The van der Waals surface area contributed by atoms with Gasteiger partial charge in [-0.3, -0.25) is 0 Å². The summed E-state index contributed by atoms with van der Waals surface area (Å²) in [5, 5.41) is 2.60. The maximum absolute atomic E-state index is 5.34. The molecule has 49 heavy (non-hydrogen) atoms. The van der Waals surface area contributed by atoms with Gasteiger partial charge < -0.3 is 0 Å². The van der Waals surface area contributed by atoms with E-state index in [2.05, 4.69) is 163 Å². The minimum atomic E-state index is -2.90. The molecule has 234 valence electrons. The number of hydrogen-bond acceptors (Lipinski definition) is 2. The maximum atomic E-state index is 5.34. The van der Waals surface area contributed by atoms with Crippen molar-refractivity contribution in [3.63, 3.8) is 0 Å². The van der Waals surface area contributed by atoms with Crippen LogP contribution in [0.3, 0.4) is 0 Å². The van der Waals surface area contributed by atoms with Crippen LogP contribution in [0.2, 0.25) is 11.5 Å². The Morgan fingerprint density at radius 3 is 2.00 bits per heavy atom. The molecule has 6 aromatic carbocycles. The number of rotatable bonds is 3. The van der Waals surface area contributed by atoms with Gasteiger partial charge in [-0.1, -0.05) is 0 Å². The van der Waals surface area contributed by atoms with Crippen molar-refractivity contribution in [1.82, 2.24) is 14.5 Å². The summed E-state index contributed by atoms with van der Waals surface area (Å²) in [6, 6.07) is 51.0. The van der Waals surface area contributed by atoms with Crippen molar-refractivity contribution in [1.29, 1.82) is 0 Å². The van der Waals surface area contributed by atoms with Crippen LogP contribution in [-0.2, 0) is 5.41 Å². The van der Waals surface area contributed by atoms with Crippen LogP contribution in [0.15, 0.2) is 140 Å². The van der Waals surface area contributed by atoms with Crippen LogP contribution in [-0.4, -0.2) is 27.8 Å². The fourth-order valence-electron chi connectivity index (χ4n) is 8.74. The summed E-state index contributed by atoms with van der Waals surface area (Å²) in [4.78, 5) is 10.7. The van der Waals surface area contributed by atoms with Crippen LogP contribution in [0.5, 0.6) is 0 Å². The molecule has 3 nitrogen and oxygen atoms in total. The number of aromatic nitrogens is 3. The first-order valence-corrected chi connectivity index (χ1v) is 23.5. The fraction of sp³-hybridized carbons (Fsp3) is 0.111. The van der Waals surface area contributed by atoms with E-state index in [9.17, 15) is 0 Å². The van der Waals surface area contributed by atoms with Crippen molar-refractivity contribution >= 4 is 43.9 Å². The zero-order valence-corrected chi connectivity index (χ0v) is 30.2. The molecule has 8 aromatic rings. The van der Waals surface area contributed by atoms with Crippen LogP contribution in [0, 0.1) is 0 Å². The molecular weight excluding hydrogens is 655 g/mol. The van der Waals surface area contributed by atoms with Crippen molar-refractivity contribution in [3.05, 3.63) is 151 Å². The van der Waals surface area contributed by atoms with Crippen LogP contribution < -0.4 is 8.79 Å². The van der Waals surface area contributed by atoms with Crippen LogP contribution >= 0.6 is 0 Å². The first kappa shape index (κ1) is 28.7. The molecule has 0 spiro atoms. The summed E-state index contributed by atoms with van der Waals surface area (Å²) in [6.45, 7) is 4.73. The molecule has 0 unspecified atom stereocenters. The first-order chi connectivity index (χ1) is 23.8. The predicted molar refractivity (Wildman–Crippen MR) is 207 cm³/mol. The zero-order valence-electron chi connectivity index (χ0n) is 28.1. The van der Waals surface area contributed by atoms with E-state index in [1.165, 1.54) is 64.1 Å². The minimum absolute atomic E-state index is 0.0453. The van der Waals surface area contributed by atoms with Gasteiger partial charge in [0.1, 0.15) is 0 Å². The van der Waals surface area contributed by atoms with E-state index in [1.807, 2.05) is 6.07 Å². The van der Waals surface area contributed by atoms with Crippen LogP contribution in [0.4, 0.5) is 0 Å². The SMILES string of the molecule is CC1(C)c2ccccc2-c2cc3c(cc21)c1ccccc1n3-c1ccc2[c](c1)[Ge]([CH3])([CH3])[c]1c(-c3ccccc3)nc(-c3ccccc3)nc1-2. The van der Waals surface area contributed by atoms with Gasteiger partial charge in [0.25, 0.3) is 0 Å². The Morgan fingerprint density at radius 2 is 1.20 bits per heavy atom. The molecule has 2 aliphatic rings. The number of benzene rings is 6. The second-order valence-electron chi connectivity index (χ2n) is 14.6. The molecule has 10 rings (SSSR count). The monoisotopic (exact) mass is 691 g/mol. The van der Waals surface area contributed by atoms with E-state index >= 15 is 0 Å². The number of hydrogen-bond donors (Lipinski definition) is 0. The summed E-state index contributed by atoms with van der Waals surface area (Å²) in [6.07, 6.45) is 0. The second kappa shape index (κ2) is 10.1. The molecule has 0 amide bonds. The standard InChI is InChI=1S/C45H35GeN3/c1-45(2)36-21-13-11-19-31(36)34-27-40-35(26-37(34)45)32-20-12-14-22-39(32)49(40)30-23-24-33-38(25-30)46(3,4)41-42(28-15-7-5-8-16-28)47-44(48-43(33)41)29-17-9-6-10-18-29/h5-27H,1-4H3. The Labute approximate surface area is 289 Å². The summed E-state index contributed by atoms with van der Waals surface area (Å²) < 4.78 is 5.33. The van der Waals surface area contributed by atoms with Gasteiger partial charge in [-0.15, -0.1) is 0 Å². The average molecular weight is 690 g/mol. The normalized spacial score (nSPS) is 14.9. The van der Waals surface area contributed by atoms with Crippen molar-refractivity contribution in [3.8, 4) is 50.7 Å². The van der Waals surface area contributed by atoms with Gasteiger partial charge in [-0.25, -0.2) is 0 Å². The second-order valence-corrected chi connectivity index (χ2v) is 23.6. The Morgan fingerprint density at radius 1 is 0.531 bits per heavy atom. The van der Waals surface area contributed by atoms with Gasteiger partial charge in [0.05, 0.1) is 0 Å². The number of fused-ring (bicyclic) bond motifs is 9. The molecule has 4 heteroatoms. The fourth-order valence-corrected chi connectivity index (χ4v) is 15.5. The molecular formula is C45H35GeN3.